The van der Waals surface area contributed by atoms with Crippen molar-refractivity contribution in [1.82, 2.24) is 0 Å². The maximum Gasteiger partial charge on any atom is 0.334 e. The van der Waals surface area contributed by atoms with E-state index in [0.717, 1.165) is 17.6 Å². The number of epoxide rings is 3. The van der Waals surface area contributed by atoms with Gasteiger partial charge in [-0.05, 0) is 36.7 Å². The molecule has 4 heterocycles. The predicted octanol–water partition coefficient (Wildman–Crippen LogP) is 0.672. The second kappa shape index (κ2) is 4.13. The smallest absolute Gasteiger partial charge is 0.334 e. The molecule has 7 rings (SSSR count). The number of aldehydes is 1. The number of carbonyl (C=O) groups excluding carboxylic acids is 2. The van der Waals surface area contributed by atoms with Gasteiger partial charge in [-0.15, -0.1) is 0 Å². The van der Waals surface area contributed by atoms with Crippen LogP contribution in [-0.2, 0) is 28.5 Å². The van der Waals surface area contributed by atoms with Crippen molar-refractivity contribution in [2.24, 2.45) is 17.3 Å². The average molecular weight is 388 g/mol. The van der Waals surface area contributed by atoms with Gasteiger partial charge in [-0.2, -0.15) is 0 Å². The highest BCUT2D eigenvalue weighted by Gasteiger charge is 3.04. The summed E-state index contributed by atoms with van der Waals surface area (Å²) in [5, 5.41) is 11.8. The van der Waals surface area contributed by atoms with Crippen LogP contribution in [0.15, 0.2) is 11.1 Å². The third-order valence-electron chi connectivity index (χ3n) is 9.46. The topological polar surface area (TPSA) is 101 Å². The Balaban J connectivity index is 1.43. The quantitative estimate of drug-likeness (QED) is 0.421. The normalized spacial score (nSPS) is 62.0. The lowest BCUT2D eigenvalue weighted by atomic mass is 9.44. The van der Waals surface area contributed by atoms with Crippen LogP contribution in [0, 0.1) is 17.3 Å². The molecule has 4 aliphatic heterocycles. The molecule has 28 heavy (non-hydrogen) atoms. The predicted molar refractivity (Wildman–Crippen MR) is 92.1 cm³/mol. The zero-order valence-corrected chi connectivity index (χ0v) is 16.2. The molecule has 1 N–H and O–H groups in total. The zero-order valence-electron chi connectivity index (χ0n) is 16.2. The van der Waals surface area contributed by atoms with E-state index in [1.807, 2.05) is 13.8 Å². The lowest BCUT2D eigenvalue weighted by Crippen LogP contribution is -2.76. The number of carbonyl (C=O) groups is 2. The number of ether oxygens (including phenoxy) is 4. The van der Waals surface area contributed by atoms with E-state index in [4.69, 9.17) is 18.9 Å². The SMILES string of the molecule is CC(C)[C@]12O[C@H]1[C@@H]1O[C@]13[C@]1(O[C@H]1C[C@H]1C4=C(CC[C@@]13C)C(=O)OC4)[C@]2(O)C=O. The Bertz CT molecular complexity index is 910. The van der Waals surface area contributed by atoms with E-state index in [-0.39, 0.29) is 41.5 Å². The minimum Gasteiger partial charge on any atom is -0.458 e. The fourth-order valence-electron chi connectivity index (χ4n) is 8.14. The number of hydrogen-bond acceptors (Lipinski definition) is 7. The summed E-state index contributed by atoms with van der Waals surface area (Å²) in [5.41, 5.74) is -2.96. The van der Waals surface area contributed by atoms with E-state index < -0.39 is 22.4 Å². The summed E-state index contributed by atoms with van der Waals surface area (Å²) in [5.74, 6) is -0.149. The molecule has 7 nitrogen and oxygen atoms in total. The monoisotopic (exact) mass is 388 g/mol. The summed E-state index contributed by atoms with van der Waals surface area (Å²) < 4.78 is 24.2. The molecule has 0 amide bonds. The van der Waals surface area contributed by atoms with E-state index in [2.05, 4.69) is 6.92 Å². The summed E-state index contributed by atoms with van der Waals surface area (Å²) in [6.45, 7) is 6.47. The summed E-state index contributed by atoms with van der Waals surface area (Å²) in [6.07, 6.45) is 1.94. The van der Waals surface area contributed by atoms with Gasteiger partial charge in [0.25, 0.3) is 0 Å². The summed E-state index contributed by atoms with van der Waals surface area (Å²) >= 11 is 0. The van der Waals surface area contributed by atoms with E-state index in [9.17, 15) is 14.7 Å². The Morgan fingerprint density at radius 1 is 1.18 bits per heavy atom. The molecular weight excluding hydrogens is 364 g/mol. The first-order chi connectivity index (χ1) is 13.2. The molecular formula is C21H24O7. The fraction of sp³-hybridized carbons (Fsp3) is 0.810. The van der Waals surface area contributed by atoms with E-state index in [1.165, 1.54) is 0 Å². The van der Waals surface area contributed by atoms with Crippen molar-refractivity contribution in [3.8, 4) is 0 Å². The van der Waals surface area contributed by atoms with Gasteiger partial charge in [0.2, 0.25) is 0 Å². The van der Waals surface area contributed by atoms with Crippen molar-refractivity contribution in [3.05, 3.63) is 11.1 Å². The molecule has 2 spiro atoms. The van der Waals surface area contributed by atoms with Crippen LogP contribution in [0.25, 0.3) is 0 Å². The molecule has 0 radical (unpaired) electrons. The van der Waals surface area contributed by atoms with Gasteiger partial charge in [-0.25, -0.2) is 4.79 Å². The molecule has 0 unspecified atom stereocenters. The molecule has 0 bridgehead atoms. The first-order valence-electron chi connectivity index (χ1n) is 10.4. The van der Waals surface area contributed by atoms with Crippen LogP contribution in [0.3, 0.4) is 0 Å². The average Bonchev–Trinajstić information content (AvgIpc) is 3.54. The maximum absolute atomic E-state index is 12.4. The van der Waals surface area contributed by atoms with Crippen molar-refractivity contribution in [3.63, 3.8) is 0 Å². The Kier molecular flexibility index (Phi) is 2.43. The number of fused-ring (bicyclic) bond motifs is 4. The maximum atomic E-state index is 12.4. The minimum absolute atomic E-state index is 0.0406. The first kappa shape index (κ1) is 16.5. The number of rotatable bonds is 2. The van der Waals surface area contributed by atoms with Crippen LogP contribution in [0.5, 0.6) is 0 Å². The van der Waals surface area contributed by atoms with Gasteiger partial charge in [-0.1, -0.05) is 20.8 Å². The summed E-state index contributed by atoms with van der Waals surface area (Å²) in [4.78, 5) is 24.6. The molecule has 3 saturated heterocycles. The van der Waals surface area contributed by atoms with Crippen LogP contribution < -0.4 is 0 Å². The summed E-state index contributed by atoms with van der Waals surface area (Å²) in [7, 11) is 0. The molecule has 5 fully saturated rings. The Morgan fingerprint density at radius 2 is 1.96 bits per heavy atom. The third-order valence-corrected chi connectivity index (χ3v) is 9.46. The first-order valence-corrected chi connectivity index (χ1v) is 10.4. The third kappa shape index (κ3) is 1.20. The second-order valence-electron chi connectivity index (χ2n) is 10.3. The van der Waals surface area contributed by atoms with E-state index >= 15 is 0 Å². The minimum atomic E-state index is -1.73. The van der Waals surface area contributed by atoms with Crippen molar-refractivity contribution < 1.29 is 33.6 Å². The zero-order chi connectivity index (χ0) is 19.5. The van der Waals surface area contributed by atoms with E-state index in [0.29, 0.717) is 25.7 Å². The van der Waals surface area contributed by atoms with Gasteiger partial charge < -0.3 is 24.1 Å². The van der Waals surface area contributed by atoms with Crippen molar-refractivity contribution in [1.29, 1.82) is 0 Å². The highest BCUT2D eigenvalue weighted by molar-refractivity contribution is 5.92. The molecule has 0 aromatic rings. The van der Waals surface area contributed by atoms with Crippen LogP contribution in [-0.4, -0.2) is 64.7 Å². The highest BCUT2D eigenvalue weighted by atomic mass is 16.8. The van der Waals surface area contributed by atoms with Gasteiger partial charge in [-0.3, -0.25) is 4.79 Å². The summed E-state index contributed by atoms with van der Waals surface area (Å²) in [6, 6.07) is 0. The molecule has 0 aromatic carbocycles. The van der Waals surface area contributed by atoms with Gasteiger partial charge in [0.1, 0.15) is 30.0 Å². The van der Waals surface area contributed by atoms with Crippen molar-refractivity contribution >= 4 is 12.3 Å². The molecule has 3 aliphatic carbocycles. The molecule has 7 heteroatoms. The van der Waals surface area contributed by atoms with Crippen LogP contribution in [0.2, 0.25) is 0 Å². The molecule has 0 aromatic heterocycles. The molecule has 150 valence electrons. The fourth-order valence-corrected chi connectivity index (χ4v) is 8.14. The largest absolute Gasteiger partial charge is 0.458 e. The van der Waals surface area contributed by atoms with Gasteiger partial charge in [0, 0.05) is 11.0 Å². The lowest BCUT2D eigenvalue weighted by Gasteiger charge is -2.55. The Hall–Kier alpha value is -1.28. The highest BCUT2D eigenvalue weighted by Crippen LogP contribution is 2.84. The number of esters is 1. The number of hydrogen-bond donors (Lipinski definition) is 1. The van der Waals surface area contributed by atoms with Crippen molar-refractivity contribution in [2.75, 3.05) is 6.61 Å². The van der Waals surface area contributed by atoms with Gasteiger partial charge in [0.05, 0.1) is 6.10 Å². The van der Waals surface area contributed by atoms with Gasteiger partial charge in [0.15, 0.2) is 17.5 Å². The van der Waals surface area contributed by atoms with Crippen LogP contribution in [0.4, 0.5) is 0 Å². The number of aliphatic hydroxyl groups is 1. The standard InChI is InChI=1S/C21H24O7/c1-9(2)19-14(27-19)15-21(28-15)17(3)5-4-10-11(7-25-16(10)23)12(17)6-13-20(21,26-13)18(19,24)8-22/h8-9,12-15,24H,4-7H2,1-3H3/t12-,13-,14-,15-,17-,18-,19-,20+,21+/m0/s1. The van der Waals surface area contributed by atoms with Gasteiger partial charge >= 0.3 is 5.97 Å². The molecule has 7 aliphatic rings. The van der Waals surface area contributed by atoms with Crippen LogP contribution in [0.1, 0.15) is 40.0 Å². The Labute approximate surface area is 162 Å². The van der Waals surface area contributed by atoms with Crippen LogP contribution >= 0.6 is 0 Å². The molecule has 2 saturated carbocycles. The Morgan fingerprint density at radius 3 is 2.68 bits per heavy atom. The lowest BCUT2D eigenvalue weighted by molar-refractivity contribution is -0.170. The molecule has 9 atom stereocenters. The van der Waals surface area contributed by atoms with E-state index in [1.54, 1.807) is 0 Å². The number of cyclic esters (lactones) is 1. The van der Waals surface area contributed by atoms with Crippen molar-refractivity contribution in [2.45, 2.75) is 80.7 Å². The second-order valence-corrected chi connectivity index (χ2v) is 10.3.